The SMILES string of the molecule is C=CC(OC(=O)O)C(CO)(CO)CCCO. The topological polar surface area (TPSA) is 107 Å². The van der Waals surface area contributed by atoms with Crippen molar-refractivity contribution in [1.29, 1.82) is 0 Å². The van der Waals surface area contributed by atoms with Crippen molar-refractivity contribution in [3.63, 3.8) is 0 Å². The van der Waals surface area contributed by atoms with E-state index in [1.165, 1.54) is 6.08 Å². The Hall–Kier alpha value is -1.11. The van der Waals surface area contributed by atoms with Gasteiger partial charge in [0.25, 0.3) is 0 Å². The molecular formula is C10H18O6. The molecule has 1 unspecified atom stereocenters. The van der Waals surface area contributed by atoms with Gasteiger partial charge in [-0.05, 0) is 12.8 Å². The lowest BCUT2D eigenvalue weighted by Gasteiger charge is -2.34. The fourth-order valence-corrected chi connectivity index (χ4v) is 1.49. The first-order valence-corrected chi connectivity index (χ1v) is 4.91. The number of aliphatic hydroxyl groups is 3. The van der Waals surface area contributed by atoms with Crippen molar-refractivity contribution in [2.75, 3.05) is 19.8 Å². The zero-order chi connectivity index (χ0) is 12.6. The van der Waals surface area contributed by atoms with Gasteiger partial charge in [-0.3, -0.25) is 0 Å². The fraction of sp³-hybridized carbons (Fsp3) is 0.700. The highest BCUT2D eigenvalue weighted by Gasteiger charge is 2.38. The molecule has 6 heteroatoms. The molecule has 0 rings (SSSR count). The maximum atomic E-state index is 10.4. The van der Waals surface area contributed by atoms with Gasteiger partial charge in [-0.2, -0.15) is 0 Å². The van der Waals surface area contributed by atoms with E-state index in [2.05, 4.69) is 11.3 Å². The number of rotatable bonds is 8. The molecule has 0 aliphatic heterocycles. The molecule has 0 aliphatic carbocycles. The summed E-state index contributed by atoms with van der Waals surface area (Å²) in [4.78, 5) is 10.4. The summed E-state index contributed by atoms with van der Waals surface area (Å²) in [5.74, 6) is 0. The number of hydrogen-bond acceptors (Lipinski definition) is 5. The van der Waals surface area contributed by atoms with Gasteiger partial charge in [0.2, 0.25) is 0 Å². The molecule has 0 bridgehead atoms. The van der Waals surface area contributed by atoms with Gasteiger partial charge >= 0.3 is 6.16 Å². The molecule has 0 aliphatic rings. The Balaban J connectivity index is 4.79. The smallest absolute Gasteiger partial charge is 0.450 e. The van der Waals surface area contributed by atoms with Gasteiger partial charge in [-0.1, -0.05) is 12.7 Å². The molecule has 0 fully saturated rings. The van der Waals surface area contributed by atoms with Crippen LogP contribution in [0.15, 0.2) is 12.7 Å². The second-order valence-electron chi connectivity index (χ2n) is 3.55. The van der Waals surface area contributed by atoms with E-state index < -0.39 is 30.9 Å². The molecule has 0 aromatic heterocycles. The minimum atomic E-state index is -1.50. The highest BCUT2D eigenvalue weighted by atomic mass is 16.7. The number of hydrogen-bond donors (Lipinski definition) is 4. The zero-order valence-corrected chi connectivity index (χ0v) is 9.00. The normalized spacial score (nSPS) is 13.2. The fourth-order valence-electron chi connectivity index (χ4n) is 1.49. The van der Waals surface area contributed by atoms with Crippen molar-refractivity contribution in [1.82, 2.24) is 0 Å². The summed E-state index contributed by atoms with van der Waals surface area (Å²) >= 11 is 0. The molecule has 0 radical (unpaired) electrons. The molecule has 0 spiro atoms. The number of ether oxygens (including phenoxy) is 1. The number of carboxylic acid groups (broad SMARTS) is 1. The van der Waals surface area contributed by atoms with Crippen LogP contribution < -0.4 is 0 Å². The predicted octanol–water partition coefficient (Wildman–Crippen LogP) is -0.0209. The van der Waals surface area contributed by atoms with Crippen LogP contribution in [0.1, 0.15) is 12.8 Å². The van der Waals surface area contributed by atoms with Crippen molar-refractivity contribution in [2.45, 2.75) is 18.9 Å². The van der Waals surface area contributed by atoms with Crippen molar-refractivity contribution in [3.8, 4) is 0 Å². The van der Waals surface area contributed by atoms with E-state index in [1.807, 2.05) is 0 Å². The van der Waals surface area contributed by atoms with E-state index in [0.29, 0.717) is 6.42 Å². The Bertz CT molecular complexity index is 223. The first kappa shape index (κ1) is 14.9. The Kier molecular flexibility index (Phi) is 6.71. The second kappa shape index (κ2) is 7.21. The van der Waals surface area contributed by atoms with E-state index in [0.717, 1.165) is 0 Å². The van der Waals surface area contributed by atoms with Crippen LogP contribution in [0.25, 0.3) is 0 Å². The summed E-state index contributed by atoms with van der Waals surface area (Å²) in [6.07, 6.45) is -0.723. The Morgan fingerprint density at radius 3 is 2.25 bits per heavy atom. The maximum absolute atomic E-state index is 10.4. The monoisotopic (exact) mass is 234 g/mol. The second-order valence-corrected chi connectivity index (χ2v) is 3.55. The van der Waals surface area contributed by atoms with Crippen LogP contribution in [-0.2, 0) is 4.74 Å². The quantitative estimate of drug-likeness (QED) is 0.347. The molecule has 0 aromatic carbocycles. The van der Waals surface area contributed by atoms with Gasteiger partial charge in [0, 0.05) is 6.61 Å². The summed E-state index contributed by atoms with van der Waals surface area (Å²) in [6, 6.07) is 0. The average molecular weight is 234 g/mol. The van der Waals surface area contributed by atoms with Crippen LogP contribution in [0.4, 0.5) is 4.79 Å². The third-order valence-electron chi connectivity index (χ3n) is 2.51. The Morgan fingerprint density at radius 1 is 1.38 bits per heavy atom. The van der Waals surface area contributed by atoms with Crippen molar-refractivity contribution in [2.24, 2.45) is 5.41 Å². The van der Waals surface area contributed by atoms with Crippen LogP contribution in [0, 0.1) is 5.41 Å². The van der Waals surface area contributed by atoms with Gasteiger partial charge in [0.1, 0.15) is 6.10 Å². The van der Waals surface area contributed by atoms with Gasteiger partial charge in [-0.15, -0.1) is 0 Å². The number of aliphatic hydroxyl groups excluding tert-OH is 3. The Labute approximate surface area is 93.8 Å². The molecule has 1 atom stereocenters. The highest BCUT2D eigenvalue weighted by molar-refractivity contribution is 5.57. The van der Waals surface area contributed by atoms with Crippen LogP contribution in [0.5, 0.6) is 0 Å². The summed E-state index contributed by atoms with van der Waals surface area (Å²) in [6.45, 7) is 2.40. The van der Waals surface area contributed by atoms with Gasteiger partial charge in [0.15, 0.2) is 0 Å². The van der Waals surface area contributed by atoms with Crippen LogP contribution in [-0.4, -0.2) is 52.5 Å². The average Bonchev–Trinajstić information content (AvgIpc) is 2.28. The summed E-state index contributed by atoms with van der Waals surface area (Å²) in [5, 5.41) is 35.7. The third kappa shape index (κ3) is 3.80. The summed E-state index contributed by atoms with van der Waals surface area (Å²) < 4.78 is 4.54. The van der Waals surface area contributed by atoms with Crippen LogP contribution in [0.3, 0.4) is 0 Å². The molecule has 94 valence electrons. The lowest BCUT2D eigenvalue weighted by atomic mass is 9.79. The van der Waals surface area contributed by atoms with E-state index >= 15 is 0 Å². The molecule has 0 amide bonds. The van der Waals surface area contributed by atoms with Crippen LogP contribution in [0.2, 0.25) is 0 Å². The van der Waals surface area contributed by atoms with E-state index in [4.69, 9.17) is 10.2 Å². The van der Waals surface area contributed by atoms with E-state index in [1.54, 1.807) is 0 Å². The molecule has 0 aromatic rings. The minimum absolute atomic E-state index is 0.112. The Morgan fingerprint density at radius 2 is 1.94 bits per heavy atom. The highest BCUT2D eigenvalue weighted by Crippen LogP contribution is 2.30. The molecule has 0 heterocycles. The lowest BCUT2D eigenvalue weighted by molar-refractivity contribution is -0.0570. The molecule has 4 N–H and O–H groups in total. The lowest BCUT2D eigenvalue weighted by Crippen LogP contribution is -2.43. The maximum Gasteiger partial charge on any atom is 0.506 e. The van der Waals surface area contributed by atoms with Gasteiger partial charge in [0.05, 0.1) is 18.6 Å². The summed E-state index contributed by atoms with van der Waals surface area (Å²) in [7, 11) is 0. The standard InChI is InChI=1S/C10H18O6/c1-2-8(16-9(14)15)10(6-12,7-13)4-3-5-11/h2,8,11-13H,1,3-7H2,(H,14,15). The van der Waals surface area contributed by atoms with E-state index in [-0.39, 0.29) is 13.0 Å². The minimum Gasteiger partial charge on any atom is -0.450 e. The molecular weight excluding hydrogens is 216 g/mol. The zero-order valence-electron chi connectivity index (χ0n) is 9.00. The molecule has 0 saturated carbocycles. The van der Waals surface area contributed by atoms with Gasteiger partial charge in [-0.25, -0.2) is 4.79 Å². The third-order valence-corrected chi connectivity index (χ3v) is 2.51. The molecule has 6 nitrogen and oxygen atoms in total. The molecule has 16 heavy (non-hydrogen) atoms. The van der Waals surface area contributed by atoms with E-state index in [9.17, 15) is 15.0 Å². The van der Waals surface area contributed by atoms with Crippen molar-refractivity contribution in [3.05, 3.63) is 12.7 Å². The van der Waals surface area contributed by atoms with Gasteiger partial charge < -0.3 is 25.2 Å². The largest absolute Gasteiger partial charge is 0.506 e. The van der Waals surface area contributed by atoms with Crippen LogP contribution >= 0.6 is 0 Å². The molecule has 0 saturated heterocycles. The summed E-state index contributed by atoms with van der Waals surface area (Å²) in [5.41, 5.74) is -1.14. The number of carbonyl (C=O) groups is 1. The first-order chi connectivity index (χ1) is 7.56. The first-order valence-electron chi connectivity index (χ1n) is 4.91. The predicted molar refractivity (Wildman–Crippen MR) is 56.0 cm³/mol. The van der Waals surface area contributed by atoms with Crippen molar-refractivity contribution >= 4 is 6.16 Å². The van der Waals surface area contributed by atoms with Crippen molar-refractivity contribution < 1.29 is 30.0 Å².